The molecule has 0 aliphatic carbocycles. The zero-order valence-electron chi connectivity index (χ0n) is 9.56. The number of benzene rings is 1. The third-order valence-electron chi connectivity index (χ3n) is 2.11. The van der Waals surface area contributed by atoms with E-state index >= 15 is 0 Å². The molecule has 0 saturated heterocycles. The van der Waals surface area contributed by atoms with Crippen molar-refractivity contribution in [3.63, 3.8) is 0 Å². The Morgan fingerprint density at radius 1 is 1.32 bits per heavy atom. The molecule has 2 rings (SSSR count). The zero-order chi connectivity index (χ0) is 13.7. The molecule has 0 fully saturated rings. The summed E-state index contributed by atoms with van der Waals surface area (Å²) in [6.45, 7) is 0. The molecule has 0 unspecified atom stereocenters. The van der Waals surface area contributed by atoms with Gasteiger partial charge in [0.05, 0.1) is 17.6 Å². The van der Waals surface area contributed by atoms with Gasteiger partial charge in [-0.05, 0) is 12.1 Å². The molecule has 0 aliphatic rings. The van der Waals surface area contributed by atoms with Gasteiger partial charge < -0.3 is 10.6 Å². The molecule has 0 spiro atoms. The van der Waals surface area contributed by atoms with Gasteiger partial charge in [0.15, 0.2) is 0 Å². The molecule has 8 heteroatoms. The van der Waals surface area contributed by atoms with Gasteiger partial charge in [-0.1, -0.05) is 23.9 Å². The number of urea groups is 1. The van der Waals surface area contributed by atoms with Crippen LogP contribution < -0.4 is 10.6 Å². The number of H-pyrrole nitrogens is 1. The van der Waals surface area contributed by atoms with Crippen LogP contribution in [0, 0.1) is 0 Å². The number of anilines is 2. The van der Waals surface area contributed by atoms with Crippen molar-refractivity contribution >= 4 is 29.2 Å². The number of halogens is 2. The molecular formula is C11H10F2N4OS. The molecule has 19 heavy (non-hydrogen) atoms. The average molecular weight is 284 g/mol. The maximum Gasteiger partial charge on any atom is 0.323 e. The van der Waals surface area contributed by atoms with E-state index in [-0.39, 0.29) is 0 Å². The summed E-state index contributed by atoms with van der Waals surface area (Å²) in [6, 6.07) is 5.83. The summed E-state index contributed by atoms with van der Waals surface area (Å²) < 4.78 is 24.7. The lowest BCUT2D eigenvalue weighted by atomic mass is 10.3. The highest BCUT2D eigenvalue weighted by Gasteiger charge is 2.11. The molecule has 2 amide bonds. The predicted molar refractivity (Wildman–Crippen MR) is 69.5 cm³/mol. The third-order valence-corrected chi connectivity index (χ3v) is 2.90. The second-order valence-corrected chi connectivity index (χ2v) is 4.47. The number of carbonyl (C=O) groups excluding carboxylic acids is 1. The zero-order valence-corrected chi connectivity index (χ0v) is 10.4. The van der Waals surface area contributed by atoms with Crippen LogP contribution in [0.2, 0.25) is 0 Å². The molecule has 2 aromatic rings. The molecule has 3 N–H and O–H groups in total. The maximum atomic E-state index is 12.4. The van der Waals surface area contributed by atoms with E-state index in [0.717, 1.165) is 0 Å². The lowest BCUT2D eigenvalue weighted by molar-refractivity contribution is 0.252. The smallest absolute Gasteiger partial charge is 0.307 e. The van der Waals surface area contributed by atoms with E-state index in [1.54, 1.807) is 18.2 Å². The number of hydrogen-bond acceptors (Lipinski definition) is 3. The predicted octanol–water partition coefficient (Wildman–Crippen LogP) is 3.37. The first kappa shape index (κ1) is 13.3. The van der Waals surface area contributed by atoms with E-state index < -0.39 is 11.8 Å². The summed E-state index contributed by atoms with van der Waals surface area (Å²) in [5.74, 6) is -2.54. The average Bonchev–Trinajstić information content (AvgIpc) is 2.83. The Bertz CT molecular complexity index is 547. The summed E-state index contributed by atoms with van der Waals surface area (Å²) in [7, 11) is 0. The van der Waals surface area contributed by atoms with Gasteiger partial charge in [-0.3, -0.25) is 5.10 Å². The lowest BCUT2D eigenvalue weighted by Crippen LogP contribution is -2.19. The third kappa shape index (κ3) is 3.95. The van der Waals surface area contributed by atoms with E-state index in [0.29, 0.717) is 28.0 Å². The summed E-state index contributed by atoms with van der Waals surface area (Å²) in [5, 5.41) is 11.2. The van der Waals surface area contributed by atoms with E-state index in [4.69, 9.17) is 0 Å². The molecule has 1 heterocycles. The van der Waals surface area contributed by atoms with Crippen molar-refractivity contribution in [2.75, 3.05) is 10.6 Å². The van der Waals surface area contributed by atoms with Crippen LogP contribution in [-0.4, -0.2) is 22.0 Å². The summed E-state index contributed by atoms with van der Waals surface area (Å²) in [5.41, 5.74) is 0.810. The molecule has 0 bridgehead atoms. The number of para-hydroxylation sites is 1. The van der Waals surface area contributed by atoms with Crippen LogP contribution in [0.5, 0.6) is 0 Å². The van der Waals surface area contributed by atoms with Gasteiger partial charge in [0.25, 0.3) is 5.76 Å². The largest absolute Gasteiger partial charge is 0.323 e. The van der Waals surface area contributed by atoms with Gasteiger partial charge >= 0.3 is 6.03 Å². The fraction of sp³-hybridized carbons (Fsp3) is 0.0909. The van der Waals surface area contributed by atoms with Gasteiger partial charge in [0, 0.05) is 11.1 Å². The normalized spacial score (nSPS) is 10.5. The topological polar surface area (TPSA) is 69.8 Å². The summed E-state index contributed by atoms with van der Waals surface area (Å²) in [4.78, 5) is 12.0. The molecule has 1 aromatic heterocycles. The minimum Gasteiger partial charge on any atom is -0.307 e. The first-order valence-electron chi connectivity index (χ1n) is 5.26. The number of amides is 2. The Labute approximate surface area is 111 Å². The van der Waals surface area contributed by atoms with Crippen molar-refractivity contribution < 1.29 is 13.6 Å². The number of rotatable bonds is 4. The van der Waals surface area contributed by atoms with Crippen LogP contribution in [0.4, 0.5) is 25.0 Å². The molecule has 0 aliphatic heterocycles. The number of aromatic amines is 1. The summed E-state index contributed by atoms with van der Waals surface area (Å²) in [6.07, 6.45) is 2.93. The van der Waals surface area contributed by atoms with Crippen LogP contribution in [0.15, 0.2) is 41.6 Å². The molecule has 1 aromatic carbocycles. The van der Waals surface area contributed by atoms with E-state index in [2.05, 4.69) is 20.8 Å². The van der Waals surface area contributed by atoms with E-state index in [1.165, 1.54) is 18.5 Å². The minimum absolute atomic E-state index is 0.305. The number of alkyl halides is 2. The molecule has 0 radical (unpaired) electrons. The van der Waals surface area contributed by atoms with Crippen LogP contribution in [-0.2, 0) is 0 Å². The Morgan fingerprint density at radius 2 is 2.11 bits per heavy atom. The highest BCUT2D eigenvalue weighted by Crippen LogP contribution is 2.31. The van der Waals surface area contributed by atoms with Crippen LogP contribution in [0.1, 0.15) is 0 Å². The monoisotopic (exact) mass is 284 g/mol. The second-order valence-electron chi connectivity index (χ2n) is 3.44. The van der Waals surface area contributed by atoms with Crippen LogP contribution in [0.25, 0.3) is 0 Å². The number of nitrogens with zero attached hydrogens (tertiary/aromatic N) is 1. The molecular weight excluding hydrogens is 274 g/mol. The van der Waals surface area contributed by atoms with Gasteiger partial charge in [0.1, 0.15) is 0 Å². The summed E-state index contributed by atoms with van der Waals surface area (Å²) >= 11 is 0.381. The molecule has 0 atom stereocenters. The van der Waals surface area contributed by atoms with Crippen LogP contribution in [0.3, 0.4) is 0 Å². The SMILES string of the molecule is O=C(Nc1cn[nH]c1)Nc1ccccc1SC(F)F. The fourth-order valence-corrected chi connectivity index (χ4v) is 1.97. The van der Waals surface area contributed by atoms with Crippen molar-refractivity contribution in [2.24, 2.45) is 0 Å². The first-order chi connectivity index (χ1) is 9.15. The van der Waals surface area contributed by atoms with Crippen LogP contribution >= 0.6 is 11.8 Å². The Morgan fingerprint density at radius 3 is 2.79 bits per heavy atom. The highest BCUT2D eigenvalue weighted by atomic mass is 32.2. The van der Waals surface area contributed by atoms with Crippen molar-refractivity contribution in [3.8, 4) is 0 Å². The number of aromatic nitrogens is 2. The Balaban J connectivity index is 2.04. The number of thioether (sulfide) groups is 1. The molecule has 0 saturated carbocycles. The van der Waals surface area contributed by atoms with E-state index in [1.807, 2.05) is 0 Å². The molecule has 100 valence electrons. The lowest BCUT2D eigenvalue weighted by Gasteiger charge is -2.10. The van der Waals surface area contributed by atoms with Gasteiger partial charge in [-0.15, -0.1) is 0 Å². The minimum atomic E-state index is -2.54. The van der Waals surface area contributed by atoms with Crippen molar-refractivity contribution in [3.05, 3.63) is 36.7 Å². The number of carbonyl (C=O) groups is 1. The van der Waals surface area contributed by atoms with Gasteiger partial charge in [-0.2, -0.15) is 13.9 Å². The first-order valence-corrected chi connectivity index (χ1v) is 6.14. The maximum absolute atomic E-state index is 12.4. The van der Waals surface area contributed by atoms with E-state index in [9.17, 15) is 13.6 Å². The second kappa shape index (κ2) is 6.19. The molecule has 5 nitrogen and oxygen atoms in total. The van der Waals surface area contributed by atoms with Gasteiger partial charge in [-0.25, -0.2) is 4.79 Å². The quantitative estimate of drug-likeness (QED) is 0.754. The van der Waals surface area contributed by atoms with Gasteiger partial charge in [0.2, 0.25) is 0 Å². The Hall–Kier alpha value is -2.09. The Kier molecular flexibility index (Phi) is 4.35. The fourth-order valence-electron chi connectivity index (χ4n) is 1.37. The number of hydrogen-bond donors (Lipinski definition) is 3. The highest BCUT2D eigenvalue weighted by molar-refractivity contribution is 7.99. The van der Waals surface area contributed by atoms with Crippen molar-refractivity contribution in [1.82, 2.24) is 10.2 Å². The standard InChI is InChI=1S/C11H10F2N4OS/c12-10(13)19-9-4-2-1-3-8(9)17-11(18)16-7-5-14-15-6-7/h1-6,10H,(H,14,15)(H2,16,17,18). The number of nitrogens with one attached hydrogen (secondary N) is 3. The van der Waals surface area contributed by atoms with Crippen molar-refractivity contribution in [1.29, 1.82) is 0 Å². The van der Waals surface area contributed by atoms with Crippen molar-refractivity contribution in [2.45, 2.75) is 10.7 Å².